The van der Waals surface area contributed by atoms with Crippen LogP contribution in [0.2, 0.25) is 0 Å². The molecule has 0 unspecified atom stereocenters. The Morgan fingerprint density at radius 1 is 1.25 bits per heavy atom. The Bertz CT molecular complexity index is 386. The lowest BCUT2D eigenvalue weighted by atomic mass is 9.98. The van der Waals surface area contributed by atoms with Gasteiger partial charge in [0, 0.05) is 5.69 Å². The third kappa shape index (κ3) is 2.40. The van der Waals surface area contributed by atoms with Crippen molar-refractivity contribution in [3.05, 3.63) is 23.3 Å². The second-order valence-corrected chi connectivity index (χ2v) is 3.83. The van der Waals surface area contributed by atoms with Crippen LogP contribution in [-0.4, -0.2) is 7.11 Å². The molecule has 90 valence electrons. The molecule has 1 aromatic rings. The number of methoxy groups -OCH3 is 1. The van der Waals surface area contributed by atoms with Gasteiger partial charge in [0.25, 0.3) is 0 Å². The largest absolute Gasteiger partial charge is 0.496 e. The van der Waals surface area contributed by atoms with Gasteiger partial charge in [-0.15, -0.1) is 0 Å². The normalized spacial score (nSPS) is 11.9. The smallest absolute Gasteiger partial charge is 0.420 e. The number of halogens is 3. The number of nitrogen functional groups attached to an aromatic ring is 1. The fourth-order valence-corrected chi connectivity index (χ4v) is 1.50. The first-order valence-electron chi connectivity index (χ1n) is 4.82. The number of anilines is 1. The van der Waals surface area contributed by atoms with Crippen LogP contribution in [0, 0.1) is 0 Å². The Hall–Kier alpha value is -1.39. The lowest BCUT2D eigenvalue weighted by molar-refractivity contribution is -0.138. The summed E-state index contributed by atoms with van der Waals surface area (Å²) in [5, 5.41) is 0. The average molecular weight is 233 g/mol. The van der Waals surface area contributed by atoms with Gasteiger partial charge in [-0.2, -0.15) is 13.2 Å². The van der Waals surface area contributed by atoms with Gasteiger partial charge in [-0.1, -0.05) is 13.8 Å². The van der Waals surface area contributed by atoms with Crippen molar-refractivity contribution in [2.45, 2.75) is 25.9 Å². The number of alkyl halides is 3. The van der Waals surface area contributed by atoms with Crippen molar-refractivity contribution >= 4 is 5.69 Å². The number of benzene rings is 1. The molecule has 0 heterocycles. The zero-order chi connectivity index (χ0) is 12.5. The maximum atomic E-state index is 12.6. The molecule has 1 rings (SSSR count). The van der Waals surface area contributed by atoms with E-state index in [1.165, 1.54) is 13.2 Å². The van der Waals surface area contributed by atoms with Crippen molar-refractivity contribution in [2.75, 3.05) is 12.8 Å². The van der Waals surface area contributed by atoms with Crippen LogP contribution in [0.3, 0.4) is 0 Å². The van der Waals surface area contributed by atoms with Crippen LogP contribution in [0.25, 0.3) is 0 Å². The van der Waals surface area contributed by atoms with Crippen LogP contribution < -0.4 is 10.5 Å². The van der Waals surface area contributed by atoms with Crippen LogP contribution >= 0.6 is 0 Å². The van der Waals surface area contributed by atoms with Gasteiger partial charge in [0.15, 0.2) is 0 Å². The summed E-state index contributed by atoms with van der Waals surface area (Å²) in [6, 6.07) is 2.27. The summed E-state index contributed by atoms with van der Waals surface area (Å²) in [6.45, 7) is 3.72. The van der Waals surface area contributed by atoms with E-state index in [-0.39, 0.29) is 17.4 Å². The van der Waals surface area contributed by atoms with E-state index >= 15 is 0 Å². The molecule has 2 N–H and O–H groups in total. The lowest BCUT2D eigenvalue weighted by Gasteiger charge is -2.17. The van der Waals surface area contributed by atoms with Crippen molar-refractivity contribution in [3.8, 4) is 5.75 Å². The summed E-state index contributed by atoms with van der Waals surface area (Å²) in [6.07, 6.45) is -4.45. The van der Waals surface area contributed by atoms with Crippen LogP contribution in [-0.2, 0) is 6.18 Å². The highest BCUT2D eigenvalue weighted by molar-refractivity contribution is 5.56. The summed E-state index contributed by atoms with van der Waals surface area (Å²) in [4.78, 5) is 0. The fraction of sp³-hybridized carbons (Fsp3) is 0.455. The molecule has 5 heteroatoms. The predicted molar refractivity (Wildman–Crippen MR) is 56.5 cm³/mol. The number of hydrogen-bond acceptors (Lipinski definition) is 2. The average Bonchev–Trinajstić information content (AvgIpc) is 2.15. The van der Waals surface area contributed by atoms with Gasteiger partial charge in [-0.3, -0.25) is 0 Å². The highest BCUT2D eigenvalue weighted by atomic mass is 19.4. The molecular weight excluding hydrogens is 219 g/mol. The van der Waals surface area contributed by atoms with E-state index in [1.807, 2.05) is 13.8 Å². The van der Waals surface area contributed by atoms with E-state index in [0.29, 0.717) is 5.56 Å². The van der Waals surface area contributed by atoms with Crippen molar-refractivity contribution in [2.24, 2.45) is 0 Å². The van der Waals surface area contributed by atoms with Crippen LogP contribution in [0.5, 0.6) is 5.75 Å². The maximum absolute atomic E-state index is 12.6. The van der Waals surface area contributed by atoms with E-state index < -0.39 is 11.7 Å². The molecule has 0 aliphatic carbocycles. The minimum Gasteiger partial charge on any atom is -0.496 e. The zero-order valence-corrected chi connectivity index (χ0v) is 9.35. The quantitative estimate of drug-likeness (QED) is 0.794. The number of hydrogen-bond donors (Lipinski definition) is 1. The number of rotatable bonds is 2. The highest BCUT2D eigenvalue weighted by Crippen LogP contribution is 2.40. The minimum atomic E-state index is -4.45. The molecule has 0 aliphatic rings. The summed E-state index contributed by atoms with van der Waals surface area (Å²) in [5.41, 5.74) is 5.55. The zero-order valence-electron chi connectivity index (χ0n) is 9.35. The van der Waals surface area contributed by atoms with Gasteiger partial charge in [0.1, 0.15) is 5.75 Å². The lowest BCUT2D eigenvalue weighted by Crippen LogP contribution is -2.10. The van der Waals surface area contributed by atoms with E-state index in [9.17, 15) is 13.2 Å². The summed E-state index contributed by atoms with van der Waals surface area (Å²) >= 11 is 0. The number of nitrogens with two attached hydrogens (primary N) is 1. The monoisotopic (exact) mass is 233 g/mol. The SMILES string of the molecule is COc1cc(C(C)C)c(N)cc1C(F)(F)F. The van der Waals surface area contributed by atoms with Gasteiger partial charge in [0.05, 0.1) is 12.7 Å². The molecule has 1 aromatic carbocycles. The van der Waals surface area contributed by atoms with Crippen molar-refractivity contribution in [3.63, 3.8) is 0 Å². The molecule has 0 saturated heterocycles. The third-order valence-corrected chi connectivity index (χ3v) is 2.33. The predicted octanol–water partition coefficient (Wildman–Crippen LogP) is 3.42. The van der Waals surface area contributed by atoms with Crippen LogP contribution in [0.4, 0.5) is 18.9 Å². The van der Waals surface area contributed by atoms with Crippen molar-refractivity contribution in [1.82, 2.24) is 0 Å². The molecule has 0 bridgehead atoms. The molecule has 0 amide bonds. The molecule has 0 radical (unpaired) electrons. The van der Waals surface area contributed by atoms with Crippen LogP contribution in [0.15, 0.2) is 12.1 Å². The van der Waals surface area contributed by atoms with Crippen molar-refractivity contribution < 1.29 is 17.9 Å². The first-order valence-corrected chi connectivity index (χ1v) is 4.82. The van der Waals surface area contributed by atoms with Crippen LogP contribution in [0.1, 0.15) is 30.9 Å². The molecular formula is C11H14F3NO. The highest BCUT2D eigenvalue weighted by Gasteiger charge is 2.35. The summed E-state index contributed by atoms with van der Waals surface area (Å²) < 4.78 is 42.6. The van der Waals surface area contributed by atoms with Gasteiger partial charge >= 0.3 is 6.18 Å². The second-order valence-electron chi connectivity index (χ2n) is 3.83. The first-order chi connectivity index (χ1) is 7.27. The molecule has 16 heavy (non-hydrogen) atoms. The third-order valence-electron chi connectivity index (χ3n) is 2.33. The van der Waals surface area contributed by atoms with E-state index in [0.717, 1.165) is 6.07 Å². The summed E-state index contributed by atoms with van der Waals surface area (Å²) in [5.74, 6) is -0.137. The molecule has 0 spiro atoms. The Kier molecular flexibility index (Phi) is 3.35. The van der Waals surface area contributed by atoms with Gasteiger partial charge in [0.2, 0.25) is 0 Å². The molecule has 0 atom stereocenters. The van der Waals surface area contributed by atoms with E-state index in [2.05, 4.69) is 0 Å². The second kappa shape index (κ2) is 4.23. The van der Waals surface area contributed by atoms with Gasteiger partial charge < -0.3 is 10.5 Å². The maximum Gasteiger partial charge on any atom is 0.420 e. The Morgan fingerprint density at radius 2 is 1.81 bits per heavy atom. The van der Waals surface area contributed by atoms with Gasteiger partial charge in [-0.25, -0.2) is 0 Å². The van der Waals surface area contributed by atoms with E-state index in [4.69, 9.17) is 10.5 Å². The van der Waals surface area contributed by atoms with E-state index in [1.54, 1.807) is 0 Å². The molecule has 0 fully saturated rings. The molecule has 2 nitrogen and oxygen atoms in total. The molecule has 0 aliphatic heterocycles. The number of ether oxygens (including phenoxy) is 1. The Morgan fingerprint density at radius 3 is 2.19 bits per heavy atom. The Balaban J connectivity index is 3.38. The topological polar surface area (TPSA) is 35.2 Å². The van der Waals surface area contributed by atoms with Crippen molar-refractivity contribution in [1.29, 1.82) is 0 Å². The fourth-order valence-electron chi connectivity index (χ4n) is 1.50. The Labute approximate surface area is 92.2 Å². The minimum absolute atomic E-state index is 0.0520. The molecule has 0 aromatic heterocycles. The molecule has 0 saturated carbocycles. The van der Waals surface area contributed by atoms with Gasteiger partial charge in [-0.05, 0) is 23.6 Å². The first kappa shape index (κ1) is 12.7. The summed E-state index contributed by atoms with van der Waals surface area (Å²) in [7, 11) is 1.21. The standard InChI is InChI=1S/C11H14F3NO/c1-6(2)7-4-10(16-3)8(5-9(7)15)11(12,13)14/h4-6H,15H2,1-3H3.